The van der Waals surface area contributed by atoms with E-state index in [-0.39, 0.29) is 16.5 Å². The van der Waals surface area contributed by atoms with E-state index >= 15 is 0 Å². The second-order valence-electron chi connectivity index (χ2n) is 1.06. The largest absolute Gasteiger partial charge is 2.00 e. The van der Waals surface area contributed by atoms with Gasteiger partial charge in [0.05, 0.1) is 10.2 Å². The maximum atomic E-state index is 9.10. The minimum atomic E-state index is -1.82. The molecule has 0 bridgehead atoms. The maximum Gasteiger partial charge on any atom is 2.00 e. The SMILES string of the molecule is O=C(O)C(=O)O.O=[N+]([O-])[O-].O=[N+]([O-])[O-].[Ni+2]. The summed E-state index contributed by atoms with van der Waals surface area (Å²) in [5, 5.41) is 44.3. The van der Waals surface area contributed by atoms with Gasteiger partial charge in [-0.25, -0.2) is 9.59 Å². The normalized spacial score (nSPS) is 6.13. The van der Waals surface area contributed by atoms with Crippen molar-refractivity contribution in [3.8, 4) is 0 Å². The van der Waals surface area contributed by atoms with Gasteiger partial charge in [-0.15, -0.1) is 0 Å². The predicted molar refractivity (Wildman–Crippen MR) is 36.0 cm³/mol. The molecule has 0 aliphatic heterocycles. The minimum Gasteiger partial charge on any atom is -0.473 e. The first kappa shape index (κ1) is 23.0. The molecule has 0 heterocycles. The van der Waals surface area contributed by atoms with Crippen molar-refractivity contribution < 1.29 is 46.5 Å². The molecule has 0 fully saturated rings. The number of rotatable bonds is 0. The van der Waals surface area contributed by atoms with E-state index in [0.717, 1.165) is 0 Å². The molecule has 13 heteroatoms. The van der Waals surface area contributed by atoms with Gasteiger partial charge < -0.3 is 40.9 Å². The molecular formula is C2H2N2NiO10. The zero-order valence-corrected chi connectivity index (χ0v) is 7.36. The molecule has 0 amide bonds. The minimum absolute atomic E-state index is 0. The van der Waals surface area contributed by atoms with Gasteiger partial charge in [-0.3, -0.25) is 0 Å². The molecular weight excluding hydrogens is 271 g/mol. The van der Waals surface area contributed by atoms with Crippen molar-refractivity contribution in [1.82, 2.24) is 0 Å². The number of carbonyl (C=O) groups is 2. The van der Waals surface area contributed by atoms with Gasteiger partial charge in [0.15, 0.2) is 0 Å². The fourth-order valence-corrected chi connectivity index (χ4v) is 0. The first-order chi connectivity index (χ1) is 6.11. The van der Waals surface area contributed by atoms with Crippen LogP contribution in [-0.2, 0) is 26.1 Å². The molecule has 0 radical (unpaired) electrons. The van der Waals surface area contributed by atoms with Crippen LogP contribution in [0.25, 0.3) is 0 Å². The number of hydrogen-bond acceptors (Lipinski definition) is 8. The van der Waals surface area contributed by atoms with Crippen LogP contribution in [0.2, 0.25) is 0 Å². The number of nitrogens with zero attached hydrogens (tertiary/aromatic N) is 2. The Kier molecular flexibility index (Phi) is 22.1. The van der Waals surface area contributed by atoms with E-state index in [4.69, 9.17) is 50.4 Å². The molecule has 0 aliphatic rings. The fourth-order valence-electron chi connectivity index (χ4n) is 0. The third-order valence-corrected chi connectivity index (χ3v) is 0.183. The summed E-state index contributed by atoms with van der Waals surface area (Å²) in [6.07, 6.45) is 0. The summed E-state index contributed by atoms with van der Waals surface area (Å²) < 4.78 is 0. The summed E-state index contributed by atoms with van der Waals surface area (Å²) >= 11 is 0. The van der Waals surface area contributed by atoms with Crippen LogP contribution in [0.3, 0.4) is 0 Å². The number of hydrogen-bond donors (Lipinski definition) is 2. The summed E-state index contributed by atoms with van der Waals surface area (Å²) in [6.45, 7) is 0. The zero-order valence-electron chi connectivity index (χ0n) is 6.37. The van der Waals surface area contributed by atoms with Gasteiger partial charge >= 0.3 is 28.4 Å². The Morgan fingerprint density at radius 1 is 0.800 bits per heavy atom. The first-order valence-electron chi connectivity index (χ1n) is 2.20. The number of carboxylic acids is 2. The van der Waals surface area contributed by atoms with Crippen LogP contribution in [-0.4, -0.2) is 32.3 Å². The first-order valence-corrected chi connectivity index (χ1v) is 2.20. The molecule has 0 aromatic heterocycles. The quantitative estimate of drug-likeness (QED) is 0.230. The summed E-state index contributed by atoms with van der Waals surface area (Å²) in [5.41, 5.74) is 0. The summed E-state index contributed by atoms with van der Waals surface area (Å²) in [4.78, 5) is 34.7. The molecule has 0 aliphatic carbocycles. The Morgan fingerprint density at radius 2 is 0.867 bits per heavy atom. The van der Waals surface area contributed by atoms with Gasteiger partial charge in [-0.05, 0) is 0 Å². The molecule has 12 nitrogen and oxygen atoms in total. The van der Waals surface area contributed by atoms with Crippen LogP contribution < -0.4 is 0 Å². The Balaban J connectivity index is -0.0000000606. The van der Waals surface area contributed by atoms with Crippen molar-refractivity contribution in [2.75, 3.05) is 0 Å². The van der Waals surface area contributed by atoms with Gasteiger partial charge in [-0.1, -0.05) is 0 Å². The van der Waals surface area contributed by atoms with Crippen LogP contribution >= 0.6 is 0 Å². The van der Waals surface area contributed by atoms with Crippen LogP contribution in [0.1, 0.15) is 0 Å². The third kappa shape index (κ3) is 340. The molecule has 0 aromatic carbocycles. The molecule has 2 N–H and O–H groups in total. The predicted octanol–water partition coefficient (Wildman–Crippen LogP) is -1.33. The van der Waals surface area contributed by atoms with E-state index in [0.29, 0.717) is 0 Å². The second-order valence-corrected chi connectivity index (χ2v) is 1.06. The van der Waals surface area contributed by atoms with Crippen molar-refractivity contribution in [2.24, 2.45) is 0 Å². The molecule has 0 spiro atoms. The van der Waals surface area contributed by atoms with Crippen molar-refractivity contribution in [2.45, 2.75) is 0 Å². The van der Waals surface area contributed by atoms with Crippen molar-refractivity contribution >= 4 is 11.9 Å². The zero-order chi connectivity index (χ0) is 12.3. The second kappa shape index (κ2) is 14.4. The Bertz CT molecular complexity index is 193. The van der Waals surface area contributed by atoms with Gasteiger partial charge in [0, 0.05) is 0 Å². The topological polar surface area (TPSA) is 207 Å². The van der Waals surface area contributed by atoms with E-state index in [1.54, 1.807) is 0 Å². The standard InChI is InChI=1S/C2H2O4.2NO3.Ni/c3-1(4)2(5)6;2*2-1(3)4;/h(H,3,4)(H,5,6);;;/q;2*-1;+2. The van der Waals surface area contributed by atoms with E-state index in [1.807, 2.05) is 0 Å². The molecule has 15 heavy (non-hydrogen) atoms. The van der Waals surface area contributed by atoms with Crippen LogP contribution in [0.15, 0.2) is 0 Å². The van der Waals surface area contributed by atoms with Crippen LogP contribution in [0.5, 0.6) is 0 Å². The molecule has 0 saturated carbocycles. The van der Waals surface area contributed by atoms with Crippen LogP contribution in [0, 0.1) is 30.6 Å². The summed E-state index contributed by atoms with van der Waals surface area (Å²) in [5.74, 6) is -3.65. The summed E-state index contributed by atoms with van der Waals surface area (Å²) in [7, 11) is 0. The number of aliphatic carboxylic acids is 2. The van der Waals surface area contributed by atoms with Crippen molar-refractivity contribution in [3.63, 3.8) is 0 Å². The third-order valence-electron chi connectivity index (χ3n) is 0.183. The Labute approximate surface area is 89.9 Å². The monoisotopic (exact) mass is 272 g/mol. The van der Waals surface area contributed by atoms with E-state index in [1.165, 1.54) is 0 Å². The maximum absolute atomic E-state index is 9.10. The van der Waals surface area contributed by atoms with Gasteiger partial charge in [0.1, 0.15) is 0 Å². The van der Waals surface area contributed by atoms with Gasteiger partial charge in [0.2, 0.25) is 0 Å². The van der Waals surface area contributed by atoms with E-state index in [9.17, 15) is 0 Å². The fraction of sp³-hybridized carbons (Fsp3) is 0. The van der Waals surface area contributed by atoms with Gasteiger partial charge in [-0.2, -0.15) is 0 Å². The molecule has 0 aromatic rings. The van der Waals surface area contributed by atoms with E-state index < -0.39 is 22.1 Å². The summed E-state index contributed by atoms with van der Waals surface area (Å²) in [6, 6.07) is 0. The Hall–Kier alpha value is -2.17. The van der Waals surface area contributed by atoms with E-state index in [2.05, 4.69) is 0 Å². The Morgan fingerprint density at radius 3 is 0.867 bits per heavy atom. The molecule has 90 valence electrons. The van der Waals surface area contributed by atoms with Crippen LogP contribution in [0.4, 0.5) is 0 Å². The molecule has 0 atom stereocenters. The average molecular weight is 273 g/mol. The molecule has 0 unspecified atom stereocenters. The average Bonchev–Trinajstić information content (AvgIpc) is 1.83. The number of carboxylic acid groups (broad SMARTS) is 2. The van der Waals surface area contributed by atoms with Crippen molar-refractivity contribution in [1.29, 1.82) is 0 Å². The van der Waals surface area contributed by atoms with Crippen molar-refractivity contribution in [3.05, 3.63) is 30.6 Å². The molecule has 0 saturated heterocycles. The smallest absolute Gasteiger partial charge is 0.473 e. The molecule has 0 rings (SSSR count). The van der Waals surface area contributed by atoms with Gasteiger partial charge in [0.25, 0.3) is 0 Å².